The molecule has 0 saturated carbocycles. The number of alkyl halides is 1. The predicted octanol–water partition coefficient (Wildman–Crippen LogP) is 1.46. The smallest absolute Gasteiger partial charge is 0.219 e. The van der Waals surface area contributed by atoms with Crippen molar-refractivity contribution in [3.63, 3.8) is 0 Å². The van der Waals surface area contributed by atoms with Crippen LogP contribution < -0.4 is 5.32 Å². The second-order valence-corrected chi connectivity index (χ2v) is 4.03. The summed E-state index contributed by atoms with van der Waals surface area (Å²) in [4.78, 5) is 13.3. The summed E-state index contributed by atoms with van der Waals surface area (Å²) in [6, 6.07) is 0. The molecule has 0 aromatic heterocycles. The van der Waals surface area contributed by atoms with Crippen molar-refractivity contribution in [2.75, 3.05) is 33.1 Å². The van der Waals surface area contributed by atoms with Gasteiger partial charge in [-0.3, -0.25) is 4.79 Å². The van der Waals surface area contributed by atoms with Crippen LogP contribution in [0.2, 0.25) is 0 Å². The van der Waals surface area contributed by atoms with Gasteiger partial charge in [-0.25, -0.2) is 0 Å². The molecule has 0 bridgehead atoms. The summed E-state index contributed by atoms with van der Waals surface area (Å²) < 4.78 is 0. The van der Waals surface area contributed by atoms with Gasteiger partial charge in [0.2, 0.25) is 5.91 Å². The minimum Gasteiger partial charge on any atom is -0.356 e. The van der Waals surface area contributed by atoms with Gasteiger partial charge in [0, 0.05) is 18.8 Å². The number of nitrogens with one attached hydrogen (secondary N) is 1. The Morgan fingerprint density at radius 3 is 2.57 bits per heavy atom. The van der Waals surface area contributed by atoms with E-state index in [0.29, 0.717) is 12.3 Å². The first-order chi connectivity index (χ1) is 6.66. The molecule has 0 aromatic rings. The first-order valence-electron chi connectivity index (χ1n) is 5.14. The Bertz CT molecular complexity index is 151. The molecular weight excluding hydrogens is 200 g/mol. The summed E-state index contributed by atoms with van der Waals surface area (Å²) in [6.45, 7) is 1.79. The molecule has 0 atom stereocenters. The van der Waals surface area contributed by atoms with Crippen LogP contribution in [-0.2, 0) is 4.79 Å². The number of unbranched alkanes of at least 4 members (excludes halogenated alkanes) is 1. The molecule has 1 amide bonds. The fourth-order valence-electron chi connectivity index (χ4n) is 1.09. The maximum absolute atomic E-state index is 11.2. The molecule has 84 valence electrons. The van der Waals surface area contributed by atoms with Crippen LogP contribution in [0, 0.1) is 0 Å². The molecule has 3 nitrogen and oxygen atoms in total. The molecule has 14 heavy (non-hydrogen) atoms. The zero-order valence-corrected chi connectivity index (χ0v) is 9.94. The summed E-state index contributed by atoms with van der Waals surface area (Å²) in [7, 11) is 4.06. The van der Waals surface area contributed by atoms with E-state index in [9.17, 15) is 4.79 Å². The Balaban J connectivity index is 3.18. The lowest BCUT2D eigenvalue weighted by molar-refractivity contribution is -0.121. The number of carbonyl (C=O) groups is 1. The molecule has 0 aliphatic carbocycles. The fraction of sp³-hybridized carbons (Fsp3) is 0.900. The van der Waals surface area contributed by atoms with E-state index in [-0.39, 0.29) is 5.91 Å². The summed E-state index contributed by atoms with van der Waals surface area (Å²) in [5.41, 5.74) is 0. The van der Waals surface area contributed by atoms with E-state index in [1.807, 2.05) is 14.1 Å². The van der Waals surface area contributed by atoms with Gasteiger partial charge >= 0.3 is 0 Å². The SMILES string of the molecule is CN(C)CCCNC(=O)CCCCCl. The third-order valence-electron chi connectivity index (χ3n) is 1.89. The summed E-state index contributed by atoms with van der Waals surface area (Å²) >= 11 is 5.51. The lowest BCUT2D eigenvalue weighted by Crippen LogP contribution is -2.26. The first kappa shape index (κ1) is 13.7. The largest absolute Gasteiger partial charge is 0.356 e. The average molecular weight is 221 g/mol. The third-order valence-corrected chi connectivity index (χ3v) is 2.16. The van der Waals surface area contributed by atoms with Gasteiger partial charge in [0.25, 0.3) is 0 Å². The maximum atomic E-state index is 11.2. The number of halogens is 1. The standard InChI is InChI=1S/C10H21ClN2O/c1-13(2)9-5-8-12-10(14)6-3-4-7-11/h3-9H2,1-2H3,(H,12,14). The number of rotatable bonds is 8. The van der Waals surface area contributed by atoms with E-state index in [2.05, 4.69) is 10.2 Å². The number of carbonyl (C=O) groups excluding carboxylic acids is 1. The summed E-state index contributed by atoms with van der Waals surface area (Å²) in [6.07, 6.45) is 3.43. The lowest BCUT2D eigenvalue weighted by atomic mass is 10.2. The summed E-state index contributed by atoms with van der Waals surface area (Å²) in [5.74, 6) is 0.794. The third kappa shape index (κ3) is 9.81. The van der Waals surface area contributed by atoms with Crippen LogP contribution in [-0.4, -0.2) is 43.9 Å². The highest BCUT2D eigenvalue weighted by atomic mass is 35.5. The summed E-state index contributed by atoms with van der Waals surface area (Å²) in [5, 5.41) is 2.89. The highest BCUT2D eigenvalue weighted by Gasteiger charge is 1.99. The van der Waals surface area contributed by atoms with E-state index in [0.717, 1.165) is 32.4 Å². The zero-order valence-electron chi connectivity index (χ0n) is 9.18. The molecular formula is C10H21ClN2O. The van der Waals surface area contributed by atoms with Crippen LogP contribution >= 0.6 is 11.6 Å². The number of amides is 1. The monoisotopic (exact) mass is 220 g/mol. The number of nitrogens with zero attached hydrogens (tertiary/aromatic N) is 1. The molecule has 0 fully saturated rings. The fourth-order valence-corrected chi connectivity index (χ4v) is 1.28. The molecule has 1 N–H and O–H groups in total. The Kier molecular flexibility index (Phi) is 9.10. The molecule has 0 aliphatic heterocycles. The normalized spacial score (nSPS) is 10.6. The maximum Gasteiger partial charge on any atom is 0.219 e. The molecule has 0 aromatic carbocycles. The van der Waals surface area contributed by atoms with Gasteiger partial charge in [-0.15, -0.1) is 11.6 Å². The van der Waals surface area contributed by atoms with E-state index in [1.54, 1.807) is 0 Å². The quantitative estimate of drug-likeness (QED) is 0.496. The predicted molar refractivity (Wildman–Crippen MR) is 60.8 cm³/mol. The Labute approximate surface area is 91.8 Å². The molecule has 4 heteroatoms. The van der Waals surface area contributed by atoms with Gasteiger partial charge in [0.15, 0.2) is 0 Å². The van der Waals surface area contributed by atoms with Crippen LogP contribution in [0.1, 0.15) is 25.7 Å². The second kappa shape index (κ2) is 9.28. The van der Waals surface area contributed by atoms with E-state index in [4.69, 9.17) is 11.6 Å². The van der Waals surface area contributed by atoms with Crippen LogP contribution in [0.3, 0.4) is 0 Å². The molecule has 0 aliphatic rings. The molecule has 0 spiro atoms. The van der Waals surface area contributed by atoms with Crippen molar-refractivity contribution in [1.29, 1.82) is 0 Å². The highest BCUT2D eigenvalue weighted by molar-refractivity contribution is 6.17. The van der Waals surface area contributed by atoms with E-state index in [1.165, 1.54) is 0 Å². The van der Waals surface area contributed by atoms with Crippen molar-refractivity contribution < 1.29 is 4.79 Å². The van der Waals surface area contributed by atoms with Crippen LogP contribution in [0.4, 0.5) is 0 Å². The van der Waals surface area contributed by atoms with Gasteiger partial charge in [-0.05, 0) is 39.9 Å². The topological polar surface area (TPSA) is 32.3 Å². The average Bonchev–Trinajstić information content (AvgIpc) is 2.13. The van der Waals surface area contributed by atoms with Crippen LogP contribution in [0.5, 0.6) is 0 Å². The van der Waals surface area contributed by atoms with E-state index < -0.39 is 0 Å². The zero-order chi connectivity index (χ0) is 10.8. The Morgan fingerprint density at radius 1 is 1.29 bits per heavy atom. The molecule has 0 radical (unpaired) electrons. The van der Waals surface area contributed by atoms with Crippen molar-refractivity contribution in [3.8, 4) is 0 Å². The highest BCUT2D eigenvalue weighted by Crippen LogP contribution is 1.96. The first-order valence-corrected chi connectivity index (χ1v) is 5.67. The van der Waals surface area contributed by atoms with Gasteiger partial charge in [-0.1, -0.05) is 0 Å². The van der Waals surface area contributed by atoms with Crippen molar-refractivity contribution in [1.82, 2.24) is 10.2 Å². The molecule has 0 heterocycles. The van der Waals surface area contributed by atoms with Crippen molar-refractivity contribution >= 4 is 17.5 Å². The van der Waals surface area contributed by atoms with Gasteiger partial charge in [-0.2, -0.15) is 0 Å². The van der Waals surface area contributed by atoms with Crippen molar-refractivity contribution in [2.24, 2.45) is 0 Å². The Hall–Kier alpha value is -0.280. The number of hydrogen-bond donors (Lipinski definition) is 1. The van der Waals surface area contributed by atoms with Crippen LogP contribution in [0.15, 0.2) is 0 Å². The van der Waals surface area contributed by atoms with Crippen molar-refractivity contribution in [2.45, 2.75) is 25.7 Å². The minimum atomic E-state index is 0.147. The van der Waals surface area contributed by atoms with Gasteiger partial charge in [0.05, 0.1) is 0 Å². The lowest BCUT2D eigenvalue weighted by Gasteiger charge is -2.09. The van der Waals surface area contributed by atoms with Crippen LogP contribution in [0.25, 0.3) is 0 Å². The van der Waals surface area contributed by atoms with Gasteiger partial charge in [0.1, 0.15) is 0 Å². The molecule has 0 unspecified atom stereocenters. The minimum absolute atomic E-state index is 0.147. The molecule has 0 rings (SSSR count). The number of hydrogen-bond acceptors (Lipinski definition) is 2. The Morgan fingerprint density at radius 2 is 2.00 bits per heavy atom. The van der Waals surface area contributed by atoms with E-state index >= 15 is 0 Å². The second-order valence-electron chi connectivity index (χ2n) is 3.65. The molecule has 0 saturated heterocycles. The van der Waals surface area contributed by atoms with Crippen molar-refractivity contribution in [3.05, 3.63) is 0 Å². The van der Waals surface area contributed by atoms with Gasteiger partial charge < -0.3 is 10.2 Å².